The lowest BCUT2D eigenvalue weighted by molar-refractivity contribution is 0.0704. The molecule has 10 heteroatoms. The van der Waals surface area contributed by atoms with Crippen LogP contribution in [0.5, 0.6) is 0 Å². The molecular formula is C19H17F2N7O. The molecule has 1 N–H and O–H groups in total. The van der Waals surface area contributed by atoms with Crippen LogP contribution < -0.4 is 5.32 Å². The number of imidazole rings is 1. The van der Waals surface area contributed by atoms with Crippen LogP contribution in [-0.4, -0.2) is 42.2 Å². The van der Waals surface area contributed by atoms with Crippen molar-refractivity contribution in [2.24, 2.45) is 0 Å². The number of halogens is 2. The van der Waals surface area contributed by atoms with E-state index in [1.807, 2.05) is 0 Å². The van der Waals surface area contributed by atoms with Crippen LogP contribution in [0.1, 0.15) is 35.6 Å². The van der Waals surface area contributed by atoms with E-state index in [0.717, 1.165) is 4.57 Å². The van der Waals surface area contributed by atoms with Crippen molar-refractivity contribution in [1.82, 2.24) is 35.1 Å². The summed E-state index contributed by atoms with van der Waals surface area (Å²) in [7, 11) is 0. The van der Waals surface area contributed by atoms with Crippen molar-refractivity contribution in [1.29, 1.82) is 0 Å². The van der Waals surface area contributed by atoms with Crippen molar-refractivity contribution in [3.63, 3.8) is 0 Å². The maximum Gasteiger partial charge on any atom is 0.320 e. The molecule has 0 saturated heterocycles. The molecule has 29 heavy (non-hydrogen) atoms. The van der Waals surface area contributed by atoms with Crippen LogP contribution >= 0.6 is 0 Å². The first-order valence-corrected chi connectivity index (χ1v) is 8.91. The maximum atomic E-state index is 13.6. The monoisotopic (exact) mass is 397 g/mol. The topological polar surface area (TPSA) is 90.5 Å². The second-order valence-electron chi connectivity index (χ2n) is 6.52. The molecule has 0 unspecified atom stereocenters. The number of rotatable bonds is 6. The van der Waals surface area contributed by atoms with Crippen molar-refractivity contribution < 1.29 is 13.6 Å². The van der Waals surface area contributed by atoms with Gasteiger partial charge >= 0.3 is 6.55 Å². The van der Waals surface area contributed by atoms with E-state index in [4.69, 9.17) is 0 Å². The van der Waals surface area contributed by atoms with Crippen LogP contribution in [-0.2, 0) is 0 Å². The fourth-order valence-electron chi connectivity index (χ4n) is 3.10. The largest absolute Gasteiger partial charge is 0.351 e. The third kappa shape index (κ3) is 3.68. The van der Waals surface area contributed by atoms with Gasteiger partial charge in [-0.25, -0.2) is 9.67 Å². The molecule has 148 valence electrons. The molecule has 1 atom stereocenters. The van der Waals surface area contributed by atoms with Gasteiger partial charge in [-0.2, -0.15) is 8.78 Å². The van der Waals surface area contributed by atoms with Crippen LogP contribution in [0.3, 0.4) is 0 Å². The molecule has 2 heterocycles. The molecule has 8 nitrogen and oxygen atoms in total. The fourth-order valence-corrected chi connectivity index (χ4v) is 3.10. The number of carbonyl (C=O) groups is 1. The fraction of sp³-hybridized carbons (Fsp3) is 0.211. The zero-order valence-electron chi connectivity index (χ0n) is 15.4. The molecule has 1 amide bonds. The molecule has 0 bridgehead atoms. The summed E-state index contributed by atoms with van der Waals surface area (Å²) in [6.07, 6.45) is 1.45. The zero-order chi connectivity index (χ0) is 20.4. The Bertz CT molecular complexity index is 1120. The molecule has 0 aliphatic rings. The van der Waals surface area contributed by atoms with Gasteiger partial charge in [0, 0.05) is 18.0 Å². The summed E-state index contributed by atoms with van der Waals surface area (Å²) in [5.41, 5.74) is 2.02. The summed E-state index contributed by atoms with van der Waals surface area (Å²) < 4.78 is 29.6. The summed E-state index contributed by atoms with van der Waals surface area (Å²) in [6.45, 7) is -0.792. The molecule has 0 spiro atoms. The Kier molecular flexibility index (Phi) is 4.98. The summed E-state index contributed by atoms with van der Waals surface area (Å²) >= 11 is 0. The number of hydrogen-bond donors (Lipinski definition) is 1. The predicted molar refractivity (Wildman–Crippen MR) is 101 cm³/mol. The molecule has 4 aromatic rings. The van der Waals surface area contributed by atoms with Gasteiger partial charge in [0.05, 0.1) is 16.7 Å². The highest BCUT2D eigenvalue weighted by molar-refractivity contribution is 5.94. The summed E-state index contributed by atoms with van der Waals surface area (Å²) in [5.74, 6) is -0.476. The number of amides is 1. The first-order valence-electron chi connectivity index (χ1n) is 8.91. The third-order valence-corrected chi connectivity index (χ3v) is 4.57. The molecule has 0 saturated carbocycles. The first kappa shape index (κ1) is 18.7. The Hall–Kier alpha value is -3.69. The highest BCUT2D eigenvalue weighted by atomic mass is 19.3. The van der Waals surface area contributed by atoms with E-state index < -0.39 is 12.5 Å². The Balaban J connectivity index is 1.47. The van der Waals surface area contributed by atoms with E-state index >= 15 is 0 Å². The molecular weight excluding hydrogens is 380 g/mol. The number of hydrogen-bond acceptors (Lipinski definition) is 5. The molecule has 0 fully saturated rings. The quantitative estimate of drug-likeness (QED) is 0.540. The number of fused-ring (bicyclic) bond motifs is 1. The number of benzene rings is 2. The predicted octanol–water partition coefficient (Wildman–Crippen LogP) is 2.94. The number of nitrogens with one attached hydrogen (secondary N) is 1. The van der Waals surface area contributed by atoms with Gasteiger partial charge in [-0.1, -0.05) is 19.1 Å². The average Bonchev–Trinajstić information content (AvgIpc) is 3.39. The van der Waals surface area contributed by atoms with Gasteiger partial charge < -0.3 is 5.32 Å². The van der Waals surface area contributed by atoms with Crippen molar-refractivity contribution in [3.05, 3.63) is 66.2 Å². The molecule has 0 aliphatic heterocycles. The van der Waals surface area contributed by atoms with E-state index in [0.29, 0.717) is 22.3 Å². The molecule has 2 aromatic carbocycles. The van der Waals surface area contributed by atoms with Gasteiger partial charge in [-0.3, -0.25) is 9.36 Å². The summed E-state index contributed by atoms with van der Waals surface area (Å²) in [5, 5.41) is 13.7. The molecule has 0 aliphatic carbocycles. The third-order valence-electron chi connectivity index (χ3n) is 4.57. The minimum absolute atomic E-state index is 0.170. The minimum Gasteiger partial charge on any atom is -0.351 e. The van der Waals surface area contributed by atoms with Crippen molar-refractivity contribution in [2.45, 2.75) is 19.4 Å². The van der Waals surface area contributed by atoms with E-state index in [1.165, 1.54) is 11.0 Å². The number of tetrazole rings is 1. The molecule has 4 rings (SSSR count). The highest BCUT2D eigenvalue weighted by Crippen LogP contribution is 2.27. The Morgan fingerprint density at radius 2 is 1.90 bits per heavy atom. The van der Waals surface area contributed by atoms with Gasteiger partial charge in [0.1, 0.15) is 12.2 Å². The lowest BCUT2D eigenvalue weighted by Crippen LogP contribution is -2.28. The van der Waals surface area contributed by atoms with Crippen LogP contribution in [0.4, 0.5) is 8.78 Å². The molecule has 2 aromatic heterocycles. The first-order chi connectivity index (χ1) is 14.0. The van der Waals surface area contributed by atoms with E-state index in [2.05, 4.69) is 25.8 Å². The smallest absolute Gasteiger partial charge is 0.320 e. The standard InChI is InChI=1S/C19H17F2N7O/c1-12(17-24-15-4-2-3-5-16(15)28(17)19(20)21)10-22-18(29)13-6-8-14(9-7-13)27-11-23-25-26-27/h2-9,11-12,19H,10H2,1H3,(H,22,29)/t12-/m0/s1. The van der Waals surface area contributed by atoms with E-state index in [9.17, 15) is 13.6 Å². The summed E-state index contributed by atoms with van der Waals surface area (Å²) in [4.78, 5) is 16.8. The lowest BCUT2D eigenvalue weighted by atomic mass is 10.1. The van der Waals surface area contributed by atoms with Crippen molar-refractivity contribution >= 4 is 16.9 Å². The van der Waals surface area contributed by atoms with Gasteiger partial charge in [-0.05, 0) is 46.8 Å². The number of alkyl halides is 2. The second-order valence-corrected chi connectivity index (χ2v) is 6.52. The zero-order valence-corrected chi connectivity index (χ0v) is 15.4. The van der Waals surface area contributed by atoms with Crippen LogP contribution in [0.15, 0.2) is 54.9 Å². The molecule has 0 radical (unpaired) electrons. The minimum atomic E-state index is -2.71. The maximum absolute atomic E-state index is 13.6. The van der Waals surface area contributed by atoms with Crippen LogP contribution in [0.2, 0.25) is 0 Å². The van der Waals surface area contributed by atoms with Gasteiger partial charge in [-0.15, -0.1) is 5.10 Å². The van der Waals surface area contributed by atoms with E-state index in [1.54, 1.807) is 55.5 Å². The number of nitrogens with zero attached hydrogens (tertiary/aromatic N) is 6. The van der Waals surface area contributed by atoms with Gasteiger partial charge in [0.2, 0.25) is 0 Å². The Labute approximate surface area is 164 Å². The lowest BCUT2D eigenvalue weighted by Gasteiger charge is -2.15. The van der Waals surface area contributed by atoms with E-state index in [-0.39, 0.29) is 18.3 Å². The number of carbonyl (C=O) groups excluding carboxylic acids is 1. The van der Waals surface area contributed by atoms with Crippen molar-refractivity contribution in [2.75, 3.05) is 6.54 Å². The van der Waals surface area contributed by atoms with Crippen LogP contribution in [0, 0.1) is 0 Å². The normalized spacial score (nSPS) is 12.4. The van der Waals surface area contributed by atoms with Gasteiger partial charge in [0.25, 0.3) is 5.91 Å². The van der Waals surface area contributed by atoms with Crippen LogP contribution in [0.25, 0.3) is 16.7 Å². The highest BCUT2D eigenvalue weighted by Gasteiger charge is 2.22. The Morgan fingerprint density at radius 1 is 1.14 bits per heavy atom. The summed E-state index contributed by atoms with van der Waals surface area (Å²) in [6, 6.07) is 13.5. The second kappa shape index (κ2) is 7.74. The SMILES string of the molecule is C[C@@H](CNC(=O)c1ccc(-n2cnnn2)cc1)c1nc2ccccc2n1C(F)F. The average molecular weight is 397 g/mol. The van der Waals surface area contributed by atoms with Gasteiger partial charge in [0.15, 0.2) is 0 Å². The van der Waals surface area contributed by atoms with Crippen molar-refractivity contribution in [3.8, 4) is 5.69 Å². The number of aromatic nitrogens is 6. The Morgan fingerprint density at radius 3 is 2.59 bits per heavy atom. The number of para-hydroxylation sites is 2.